The van der Waals surface area contributed by atoms with Crippen LogP contribution in [0, 0.1) is 0 Å². The Balaban J connectivity index is 1.83. The van der Waals surface area contributed by atoms with Crippen molar-refractivity contribution in [2.75, 3.05) is 13.2 Å². The minimum Gasteiger partial charge on any atom is -0.381 e. The van der Waals surface area contributed by atoms with Gasteiger partial charge in [-0.25, -0.2) is 0 Å². The second-order valence-corrected chi connectivity index (χ2v) is 4.99. The number of thiophene rings is 1. The lowest BCUT2D eigenvalue weighted by atomic mass is 10.1. The number of carbonyl (C=O) groups excluding carboxylic acids is 1. The summed E-state index contributed by atoms with van der Waals surface area (Å²) in [5.41, 5.74) is 0. The molecule has 2 nitrogen and oxygen atoms in total. The van der Waals surface area contributed by atoms with Gasteiger partial charge < -0.3 is 9.53 Å². The van der Waals surface area contributed by atoms with E-state index in [1.54, 1.807) is 18.3 Å². The zero-order chi connectivity index (χ0) is 11.6. The number of unbranched alkanes of at least 4 members (excludes halogenated alkanes) is 2. The van der Waals surface area contributed by atoms with Crippen LogP contribution < -0.4 is 0 Å². The summed E-state index contributed by atoms with van der Waals surface area (Å²) in [6.45, 7) is 3.29. The molecule has 0 saturated heterocycles. The second kappa shape index (κ2) is 8.48. The molecule has 0 radical (unpaired) electrons. The van der Waals surface area contributed by atoms with Crippen LogP contribution in [-0.2, 0) is 16.0 Å². The van der Waals surface area contributed by atoms with Crippen LogP contribution in [0.5, 0.6) is 0 Å². The maximum atomic E-state index is 10.7. The molecule has 0 spiro atoms. The van der Waals surface area contributed by atoms with Crippen LogP contribution in [-0.4, -0.2) is 19.0 Å². The van der Waals surface area contributed by atoms with Gasteiger partial charge in [-0.3, -0.25) is 0 Å². The highest BCUT2D eigenvalue weighted by atomic mass is 32.1. The molecule has 1 aromatic rings. The lowest BCUT2D eigenvalue weighted by molar-refractivity contribution is -0.117. The van der Waals surface area contributed by atoms with E-state index in [0.29, 0.717) is 5.78 Å². The SMILES string of the molecule is CC(=O)CCCCCOCCc1cccs1. The Kier molecular flexibility index (Phi) is 7.10. The van der Waals surface area contributed by atoms with Gasteiger partial charge in [0.05, 0.1) is 6.61 Å². The average molecular weight is 240 g/mol. The first-order valence-corrected chi connectivity index (χ1v) is 6.76. The van der Waals surface area contributed by atoms with Gasteiger partial charge in [-0.2, -0.15) is 0 Å². The minimum absolute atomic E-state index is 0.290. The quantitative estimate of drug-likeness (QED) is 0.618. The Bertz CT molecular complexity index is 280. The fraction of sp³-hybridized carbons (Fsp3) is 0.615. The molecule has 1 heterocycles. The summed E-state index contributed by atoms with van der Waals surface area (Å²) >= 11 is 1.78. The maximum absolute atomic E-state index is 10.7. The molecule has 0 aromatic carbocycles. The zero-order valence-electron chi connectivity index (χ0n) is 9.91. The number of carbonyl (C=O) groups is 1. The summed E-state index contributed by atoms with van der Waals surface area (Å²) < 4.78 is 5.54. The van der Waals surface area contributed by atoms with Crippen molar-refractivity contribution in [3.05, 3.63) is 22.4 Å². The van der Waals surface area contributed by atoms with Gasteiger partial charge in [0.25, 0.3) is 0 Å². The van der Waals surface area contributed by atoms with Gasteiger partial charge in [-0.1, -0.05) is 12.5 Å². The molecule has 0 N–H and O–H groups in total. The third kappa shape index (κ3) is 6.75. The Morgan fingerprint density at radius 2 is 2.19 bits per heavy atom. The van der Waals surface area contributed by atoms with Crippen LogP contribution in [0.4, 0.5) is 0 Å². The lowest BCUT2D eigenvalue weighted by Crippen LogP contribution is -1.99. The molecule has 1 aromatic heterocycles. The largest absolute Gasteiger partial charge is 0.381 e. The number of Topliss-reactive ketones (excluding diaryl/α,β-unsaturated/α-hetero) is 1. The molecule has 0 bridgehead atoms. The van der Waals surface area contributed by atoms with Crippen LogP contribution in [0.25, 0.3) is 0 Å². The smallest absolute Gasteiger partial charge is 0.129 e. The maximum Gasteiger partial charge on any atom is 0.129 e. The van der Waals surface area contributed by atoms with Crippen LogP contribution in [0.1, 0.15) is 37.5 Å². The molecule has 0 saturated carbocycles. The second-order valence-electron chi connectivity index (χ2n) is 3.95. The van der Waals surface area contributed by atoms with E-state index in [1.165, 1.54) is 4.88 Å². The van der Waals surface area contributed by atoms with Gasteiger partial charge in [0.2, 0.25) is 0 Å². The molecule has 0 fully saturated rings. The van der Waals surface area contributed by atoms with Crippen LogP contribution >= 0.6 is 11.3 Å². The molecule has 16 heavy (non-hydrogen) atoms. The predicted octanol–water partition coefficient (Wildman–Crippen LogP) is 3.46. The highest BCUT2D eigenvalue weighted by Gasteiger charge is 1.96. The number of ketones is 1. The molecule has 0 aliphatic rings. The number of ether oxygens (including phenoxy) is 1. The van der Waals surface area contributed by atoms with Crippen molar-refractivity contribution in [2.24, 2.45) is 0 Å². The molecule has 0 atom stereocenters. The first-order chi connectivity index (χ1) is 7.79. The summed E-state index contributed by atoms with van der Waals surface area (Å²) in [7, 11) is 0. The third-order valence-electron chi connectivity index (χ3n) is 2.39. The van der Waals surface area contributed by atoms with Gasteiger partial charge in [0.1, 0.15) is 5.78 Å². The van der Waals surface area contributed by atoms with Crippen molar-refractivity contribution in [1.82, 2.24) is 0 Å². The topological polar surface area (TPSA) is 26.3 Å². The predicted molar refractivity (Wildman–Crippen MR) is 68.0 cm³/mol. The fourth-order valence-electron chi connectivity index (χ4n) is 1.48. The monoisotopic (exact) mass is 240 g/mol. The standard InChI is InChI=1S/C13H20O2S/c1-12(14)6-3-2-4-9-15-10-8-13-7-5-11-16-13/h5,7,11H,2-4,6,8-10H2,1H3. The molecule has 0 aliphatic heterocycles. The van der Waals surface area contributed by atoms with Crippen molar-refractivity contribution < 1.29 is 9.53 Å². The fourth-order valence-corrected chi connectivity index (χ4v) is 2.17. The zero-order valence-corrected chi connectivity index (χ0v) is 10.7. The van der Waals surface area contributed by atoms with E-state index in [-0.39, 0.29) is 0 Å². The van der Waals surface area contributed by atoms with Crippen LogP contribution in [0.15, 0.2) is 17.5 Å². The molecular weight excluding hydrogens is 220 g/mol. The Labute approximate surface area is 102 Å². The summed E-state index contributed by atoms with van der Waals surface area (Å²) in [5.74, 6) is 0.290. The van der Waals surface area contributed by atoms with E-state index in [4.69, 9.17) is 4.74 Å². The van der Waals surface area contributed by atoms with Crippen molar-refractivity contribution in [3.63, 3.8) is 0 Å². The molecule has 90 valence electrons. The number of hydrogen-bond acceptors (Lipinski definition) is 3. The van der Waals surface area contributed by atoms with Gasteiger partial charge in [-0.05, 0) is 31.2 Å². The minimum atomic E-state index is 0.290. The Morgan fingerprint density at radius 3 is 2.88 bits per heavy atom. The van der Waals surface area contributed by atoms with Gasteiger partial charge in [0, 0.05) is 24.3 Å². The highest BCUT2D eigenvalue weighted by molar-refractivity contribution is 7.09. The van der Waals surface area contributed by atoms with Crippen molar-refractivity contribution in [3.8, 4) is 0 Å². The summed E-state index contributed by atoms with van der Waals surface area (Å²) in [5, 5.41) is 2.09. The average Bonchev–Trinajstić information content (AvgIpc) is 2.74. The molecule has 1 rings (SSSR count). The molecule has 0 aliphatic carbocycles. The highest BCUT2D eigenvalue weighted by Crippen LogP contribution is 2.09. The van der Waals surface area contributed by atoms with Crippen molar-refractivity contribution in [1.29, 1.82) is 0 Å². The van der Waals surface area contributed by atoms with E-state index in [9.17, 15) is 4.79 Å². The molecule has 0 amide bonds. The first kappa shape index (κ1) is 13.4. The Morgan fingerprint density at radius 1 is 1.31 bits per heavy atom. The first-order valence-electron chi connectivity index (χ1n) is 5.88. The van der Waals surface area contributed by atoms with Gasteiger partial charge in [-0.15, -0.1) is 11.3 Å². The molecular formula is C13H20O2S. The van der Waals surface area contributed by atoms with Gasteiger partial charge in [0.15, 0.2) is 0 Å². The number of hydrogen-bond donors (Lipinski definition) is 0. The van der Waals surface area contributed by atoms with Crippen molar-refractivity contribution in [2.45, 2.75) is 39.0 Å². The van der Waals surface area contributed by atoms with E-state index >= 15 is 0 Å². The van der Waals surface area contributed by atoms with E-state index in [2.05, 4.69) is 17.5 Å². The summed E-state index contributed by atoms with van der Waals surface area (Å²) in [4.78, 5) is 12.1. The van der Waals surface area contributed by atoms with Gasteiger partial charge >= 0.3 is 0 Å². The normalized spacial score (nSPS) is 10.6. The number of rotatable bonds is 9. The van der Waals surface area contributed by atoms with E-state index in [0.717, 1.165) is 45.3 Å². The van der Waals surface area contributed by atoms with Crippen LogP contribution in [0.2, 0.25) is 0 Å². The summed E-state index contributed by atoms with van der Waals surface area (Å²) in [6, 6.07) is 4.21. The molecule has 3 heteroatoms. The van der Waals surface area contributed by atoms with Crippen LogP contribution in [0.3, 0.4) is 0 Å². The molecule has 0 unspecified atom stereocenters. The summed E-state index contributed by atoms with van der Waals surface area (Å²) in [6.07, 6.45) is 4.90. The lowest BCUT2D eigenvalue weighted by Gasteiger charge is -2.02. The van der Waals surface area contributed by atoms with E-state index in [1.807, 2.05) is 0 Å². The van der Waals surface area contributed by atoms with Crippen molar-refractivity contribution >= 4 is 17.1 Å². The third-order valence-corrected chi connectivity index (χ3v) is 3.33. The Hall–Kier alpha value is -0.670. The van der Waals surface area contributed by atoms with E-state index < -0.39 is 0 Å².